The molecule has 138 heavy (non-hydrogen) atoms. The molecule has 0 unspecified atom stereocenters. The maximum Gasteiger partial charge on any atom is 0.0468 e. The number of para-hydroxylation sites is 3. The van der Waals surface area contributed by atoms with Crippen LogP contribution in [0, 0.1) is 71.0 Å². The monoisotopic (exact) mass is 1780 g/mol. The van der Waals surface area contributed by atoms with E-state index in [0.29, 0.717) is 0 Å². The molecule has 18 aromatic carbocycles. The highest BCUT2D eigenvalue weighted by Crippen LogP contribution is 2.74. The minimum absolute atomic E-state index is 0.00717. The van der Waals surface area contributed by atoms with E-state index in [-0.39, 0.29) is 21.7 Å². The third kappa shape index (κ3) is 12.1. The summed E-state index contributed by atoms with van der Waals surface area (Å²) in [5.41, 5.74) is 40.7. The van der Waals surface area contributed by atoms with E-state index in [1.165, 1.54) is 258 Å². The topological polar surface area (TPSA) is 9.72 Å². The van der Waals surface area contributed by atoms with Gasteiger partial charge in [0.2, 0.25) is 0 Å². The minimum Gasteiger partial charge on any atom is -0.310 e. The van der Waals surface area contributed by atoms with Gasteiger partial charge in [-0.2, -0.15) is 0 Å². The number of benzene rings is 18. The van der Waals surface area contributed by atoms with E-state index >= 15 is 0 Å². The van der Waals surface area contributed by atoms with Crippen LogP contribution in [0.3, 0.4) is 0 Å². The zero-order chi connectivity index (χ0) is 90.9. The van der Waals surface area contributed by atoms with E-state index in [1.54, 1.807) is 33.4 Å². The summed E-state index contributed by atoms with van der Waals surface area (Å²) < 4.78 is 0. The zero-order valence-electron chi connectivity index (χ0n) is 79.1. The highest BCUT2D eigenvalue weighted by molar-refractivity contribution is 6.09. The Labute approximate surface area is 813 Å². The molecule has 12 fully saturated rings. The fourth-order valence-corrected chi connectivity index (χ4v) is 33.0. The van der Waals surface area contributed by atoms with Crippen molar-refractivity contribution >= 4 is 83.5 Å². The first-order valence-electron chi connectivity index (χ1n) is 52.2. The van der Waals surface area contributed by atoms with Crippen molar-refractivity contribution in [2.45, 2.75) is 132 Å². The molecule has 16 aliphatic carbocycles. The minimum atomic E-state index is 0.00717. The second kappa shape index (κ2) is 31.3. The van der Waals surface area contributed by atoms with Crippen LogP contribution in [0.1, 0.15) is 155 Å². The summed E-state index contributed by atoms with van der Waals surface area (Å²) in [4.78, 5) is 7.48. The van der Waals surface area contributed by atoms with Crippen molar-refractivity contribution < 1.29 is 0 Å². The molecule has 0 heterocycles. The Hall–Kier alpha value is -13.9. The maximum absolute atomic E-state index is 2.62. The normalized spacial score (nSPS) is 25.8. The van der Waals surface area contributed by atoms with E-state index in [4.69, 9.17) is 0 Å². The van der Waals surface area contributed by atoms with Gasteiger partial charge in [-0.05, 0) is 426 Å². The molecule has 3 nitrogen and oxygen atoms in total. The number of anilines is 9. The van der Waals surface area contributed by atoms with Crippen LogP contribution >= 0.6 is 0 Å². The molecular formula is C135H115N3. The van der Waals surface area contributed by atoms with Gasteiger partial charge in [0.15, 0.2) is 0 Å². The Kier molecular flexibility index (Phi) is 18.5. The van der Waals surface area contributed by atoms with Crippen LogP contribution in [0.4, 0.5) is 51.2 Å². The molecule has 12 bridgehead atoms. The van der Waals surface area contributed by atoms with Crippen molar-refractivity contribution in [2.75, 3.05) is 14.7 Å². The van der Waals surface area contributed by atoms with Crippen molar-refractivity contribution in [1.29, 1.82) is 0 Å². The second-order valence-corrected chi connectivity index (χ2v) is 44.6. The summed E-state index contributed by atoms with van der Waals surface area (Å²) >= 11 is 0. The Morgan fingerprint density at radius 3 is 0.928 bits per heavy atom. The average Bonchev–Trinajstić information content (AvgIpc) is 1.51. The number of fused-ring (bicyclic) bond motifs is 16. The van der Waals surface area contributed by atoms with Gasteiger partial charge in [0.25, 0.3) is 0 Å². The van der Waals surface area contributed by atoms with Crippen molar-refractivity contribution in [3.63, 3.8) is 0 Å². The SMILES string of the molecule is CC1(C)c2ccccc2-c2cc(N(c3ccccc3)c3ccc4c(c3)C3(c5ccccc5-4)C4CC5CC(C4)CC3C5)ccc21.c1ccc(N(c2ccc(-c3ccc4c(ccc5ccccc54)c3)cc2)c2ccc3c(c2)C2(c4ccccc4-3)C3CC4CC(C3)CC2C4)cc1.c1ccc(N(c2cccc(-c3cccc4ccccc34)c2)c2ccc3c(c2)C2(c4ccccc4-3)C3CC4CC(C3)CC2C4)cc1. The van der Waals surface area contributed by atoms with Gasteiger partial charge in [-0.25, -0.2) is 0 Å². The van der Waals surface area contributed by atoms with E-state index in [9.17, 15) is 0 Å². The molecule has 16 aliphatic rings. The first-order valence-corrected chi connectivity index (χ1v) is 52.2. The van der Waals surface area contributed by atoms with Crippen LogP contribution in [-0.2, 0) is 21.7 Å². The predicted octanol–water partition coefficient (Wildman–Crippen LogP) is 35.7. The molecule has 0 radical (unpaired) electrons. The van der Waals surface area contributed by atoms with Crippen LogP contribution < -0.4 is 14.7 Å². The third-order valence-corrected chi connectivity index (χ3v) is 37.7. The summed E-state index contributed by atoms with van der Waals surface area (Å²) in [6.45, 7) is 4.74. The van der Waals surface area contributed by atoms with Gasteiger partial charge in [0.1, 0.15) is 0 Å². The average molecular weight is 1780 g/mol. The lowest BCUT2D eigenvalue weighted by Gasteiger charge is -2.61. The van der Waals surface area contributed by atoms with Crippen molar-refractivity contribution in [1.82, 2.24) is 0 Å². The van der Waals surface area contributed by atoms with E-state index in [1.807, 2.05) is 0 Å². The van der Waals surface area contributed by atoms with Crippen molar-refractivity contribution in [2.24, 2.45) is 71.0 Å². The van der Waals surface area contributed by atoms with Crippen molar-refractivity contribution in [3.8, 4) is 66.8 Å². The highest BCUT2D eigenvalue weighted by atomic mass is 15.2. The molecule has 0 N–H and O–H groups in total. The van der Waals surface area contributed by atoms with E-state index < -0.39 is 0 Å². The fraction of sp³-hybridized carbons (Fsp3) is 0.244. The molecule has 670 valence electrons. The largest absolute Gasteiger partial charge is 0.310 e. The Balaban J connectivity index is 0.000000100. The molecule has 0 amide bonds. The Morgan fingerprint density at radius 2 is 0.464 bits per heavy atom. The van der Waals surface area contributed by atoms with Gasteiger partial charge >= 0.3 is 0 Å². The molecule has 18 aromatic rings. The van der Waals surface area contributed by atoms with Gasteiger partial charge in [0.05, 0.1) is 0 Å². The van der Waals surface area contributed by atoms with Crippen molar-refractivity contribution in [3.05, 3.63) is 451 Å². The lowest BCUT2D eigenvalue weighted by Crippen LogP contribution is -2.55. The molecular weight excluding hydrogens is 1660 g/mol. The quantitative estimate of drug-likeness (QED) is 0.120. The summed E-state index contributed by atoms with van der Waals surface area (Å²) in [7, 11) is 0. The van der Waals surface area contributed by atoms with Gasteiger partial charge in [-0.15, -0.1) is 0 Å². The summed E-state index contributed by atoms with van der Waals surface area (Å²) in [6.07, 6.45) is 21.3. The molecule has 34 rings (SSSR count). The fourth-order valence-electron chi connectivity index (χ4n) is 33.0. The van der Waals surface area contributed by atoms with Gasteiger partial charge in [0, 0.05) is 72.8 Å². The number of hydrogen-bond donors (Lipinski definition) is 0. The molecule has 0 atom stereocenters. The second-order valence-electron chi connectivity index (χ2n) is 44.6. The molecule has 3 spiro atoms. The summed E-state index contributed by atoms with van der Waals surface area (Å²) in [6, 6.07) is 154. The molecule has 0 saturated heterocycles. The molecule has 3 heteroatoms. The Morgan fingerprint density at radius 1 is 0.167 bits per heavy atom. The summed E-state index contributed by atoms with van der Waals surface area (Å²) in [5, 5.41) is 7.77. The van der Waals surface area contributed by atoms with Crippen LogP contribution in [0.15, 0.2) is 406 Å². The maximum atomic E-state index is 2.62. The lowest BCUT2D eigenvalue weighted by molar-refractivity contribution is -0.0399. The number of nitrogens with zero attached hydrogens (tertiary/aromatic N) is 3. The van der Waals surface area contributed by atoms with Crippen LogP contribution in [-0.4, -0.2) is 0 Å². The Bertz CT molecular complexity index is 7840. The van der Waals surface area contributed by atoms with Crippen LogP contribution in [0.5, 0.6) is 0 Å². The molecule has 0 aromatic heterocycles. The number of hydrogen-bond acceptors (Lipinski definition) is 3. The van der Waals surface area contributed by atoms with E-state index in [2.05, 4.69) is 435 Å². The standard InChI is InChI=1S/C48H39N.C44H37N.C43H39N/c1-2-9-39(10-3-1)49(40-19-16-33(17-20-40)35-18-22-43-36(29-35)15-14-34-8-4-5-11-42(34)43)41-21-23-45-44-12-6-7-13-46(44)48(47(45)30-41)37-25-31-24-32(27-37)28-38(48)26-31;1-2-13-35(14-3-1)45(36-15-8-12-32(27-36)39-18-9-11-31-10-4-5-16-38(31)39)37-20-21-41-40-17-6-7-19-42(40)44(43(41)28-37)33-23-29-22-30(25-33)26-34(44)24-29;1-42(2)38-14-8-6-13-35(38)37-25-32(17-19-39(37)42)44(31-10-4-3-5-11-31)33-16-18-36-34-12-7-9-15-40(34)43(41(36)26-33)29-21-27-20-28(23-29)24-30(43)22-27/h1-23,29-32,37-38H,24-28H2;1-21,27-30,33-34H,22-26H2;3-19,25-30H,20-24H2,1-2H3. The predicted molar refractivity (Wildman–Crippen MR) is 574 cm³/mol. The number of rotatable bonds is 11. The van der Waals surface area contributed by atoms with Crippen LogP contribution in [0.2, 0.25) is 0 Å². The zero-order valence-corrected chi connectivity index (χ0v) is 79.1. The van der Waals surface area contributed by atoms with Crippen LogP contribution in [0.25, 0.3) is 99.1 Å². The van der Waals surface area contributed by atoms with Gasteiger partial charge in [-0.1, -0.05) is 305 Å². The van der Waals surface area contributed by atoms with Gasteiger partial charge < -0.3 is 14.7 Å². The first kappa shape index (κ1) is 81.3. The van der Waals surface area contributed by atoms with Gasteiger partial charge in [-0.3, -0.25) is 0 Å². The highest BCUT2D eigenvalue weighted by Gasteiger charge is 2.65. The molecule has 12 saturated carbocycles. The smallest absolute Gasteiger partial charge is 0.0468 e. The third-order valence-electron chi connectivity index (χ3n) is 37.7. The summed E-state index contributed by atoms with van der Waals surface area (Å²) in [5.74, 6) is 10.2. The first-order chi connectivity index (χ1) is 68.0. The van der Waals surface area contributed by atoms with E-state index in [0.717, 1.165) is 71.0 Å². The lowest BCUT2D eigenvalue weighted by atomic mass is 9.43. The molecule has 0 aliphatic heterocycles.